The minimum atomic E-state index is -1.35. The molecule has 0 aromatic heterocycles. The van der Waals surface area contributed by atoms with Crippen LogP contribution in [0.5, 0.6) is 0 Å². The van der Waals surface area contributed by atoms with Gasteiger partial charge in [-0.3, -0.25) is 0 Å². The Morgan fingerprint density at radius 3 is 2.22 bits per heavy atom. The van der Waals surface area contributed by atoms with Crippen molar-refractivity contribution in [3.63, 3.8) is 0 Å². The number of rotatable bonds is 11. The molecule has 2 saturated heterocycles. The quantitative estimate of drug-likeness (QED) is 0.0888. The fourth-order valence-corrected chi connectivity index (χ4v) is 6.65. The minimum Gasteiger partial charge on any atom is -0.459 e. The zero-order valence-corrected chi connectivity index (χ0v) is 27.4. The molecule has 4 aromatic carbocycles. The van der Waals surface area contributed by atoms with E-state index in [2.05, 4.69) is 15.3 Å². The van der Waals surface area contributed by atoms with Crippen LogP contribution in [0, 0.1) is 0 Å². The topological polar surface area (TPSA) is 171 Å². The number of hydrogen-bond donors (Lipinski definition) is 2. The Labute approximate surface area is 293 Å². The number of aliphatic hydroxyl groups is 1. The number of amides is 1. The van der Waals surface area contributed by atoms with Crippen LogP contribution >= 0.6 is 0 Å². The van der Waals surface area contributed by atoms with Crippen LogP contribution in [0.25, 0.3) is 21.6 Å². The van der Waals surface area contributed by atoms with Crippen LogP contribution in [0.15, 0.2) is 114 Å². The predicted octanol–water partition coefficient (Wildman–Crippen LogP) is 5.53. The number of fused-ring (bicyclic) bond motifs is 4. The number of nitrogens with zero attached hydrogens (tertiary/aromatic N) is 3. The molecule has 51 heavy (non-hydrogen) atoms. The zero-order valence-electron chi connectivity index (χ0n) is 27.4. The first-order valence-corrected chi connectivity index (χ1v) is 16.6. The average Bonchev–Trinajstić information content (AvgIpc) is 3.50. The number of hydrogen-bond acceptors (Lipinski definition) is 10. The number of aliphatic hydroxyl groups excluding tert-OH is 1. The summed E-state index contributed by atoms with van der Waals surface area (Å²) in [5, 5.41) is 17.6. The first-order chi connectivity index (χ1) is 25.0. The fraction of sp³-hybridized carbons (Fsp3) is 0.316. The molecule has 13 nitrogen and oxygen atoms in total. The Bertz CT molecular complexity index is 1830. The van der Waals surface area contributed by atoms with E-state index >= 15 is 0 Å². The summed E-state index contributed by atoms with van der Waals surface area (Å²) in [6, 6.07) is 31.6. The Kier molecular flexibility index (Phi) is 10.5. The SMILES string of the molecule is [N-]=[N+]=N[C@H]1[C@@H](OC[C@H](NC(=O)OCC2c3ccccc3-c3ccccc32)C(=O)OCc2ccccc2)O[C@@H]2COC(c3ccccc3)O[C@@H]2[C@@H]1O. The van der Waals surface area contributed by atoms with Gasteiger partial charge in [-0.25, -0.2) is 9.59 Å². The lowest BCUT2D eigenvalue weighted by atomic mass is 9.96. The summed E-state index contributed by atoms with van der Waals surface area (Å²) in [7, 11) is 0. The molecule has 4 aromatic rings. The highest BCUT2D eigenvalue weighted by Crippen LogP contribution is 2.44. The van der Waals surface area contributed by atoms with Gasteiger partial charge < -0.3 is 38.8 Å². The van der Waals surface area contributed by atoms with Gasteiger partial charge in [0.2, 0.25) is 0 Å². The van der Waals surface area contributed by atoms with Gasteiger partial charge in [-0.05, 0) is 33.3 Å². The maximum Gasteiger partial charge on any atom is 0.407 e. The molecular formula is C38H36N4O9. The van der Waals surface area contributed by atoms with Crippen molar-refractivity contribution in [1.29, 1.82) is 0 Å². The highest BCUT2D eigenvalue weighted by atomic mass is 16.7. The molecule has 0 bridgehead atoms. The van der Waals surface area contributed by atoms with E-state index in [0.29, 0.717) is 0 Å². The lowest BCUT2D eigenvalue weighted by Crippen LogP contribution is -2.62. The first kappa shape index (κ1) is 34.2. The number of nitrogens with one attached hydrogen (secondary N) is 1. The number of carbonyl (C=O) groups excluding carboxylic acids is 2. The number of ether oxygens (including phenoxy) is 6. The molecule has 3 aliphatic rings. The lowest BCUT2D eigenvalue weighted by molar-refractivity contribution is -0.342. The third-order valence-corrected chi connectivity index (χ3v) is 9.16. The Hall–Kier alpha value is -5.27. The minimum absolute atomic E-state index is 0.0242. The molecule has 0 spiro atoms. The summed E-state index contributed by atoms with van der Waals surface area (Å²) in [5.41, 5.74) is 15.1. The lowest BCUT2D eigenvalue weighted by Gasteiger charge is -2.46. The van der Waals surface area contributed by atoms with E-state index in [-0.39, 0.29) is 25.7 Å². The van der Waals surface area contributed by atoms with Crippen LogP contribution in [-0.4, -0.2) is 73.7 Å². The zero-order chi connectivity index (χ0) is 35.2. The Balaban J connectivity index is 1.03. The van der Waals surface area contributed by atoms with Crippen LogP contribution < -0.4 is 5.32 Å². The van der Waals surface area contributed by atoms with Crippen molar-refractivity contribution in [3.8, 4) is 11.1 Å². The number of esters is 1. The van der Waals surface area contributed by atoms with Gasteiger partial charge in [-0.1, -0.05) is 114 Å². The van der Waals surface area contributed by atoms with Crippen LogP contribution in [0.1, 0.15) is 34.5 Å². The molecule has 1 unspecified atom stereocenters. The molecule has 2 N–H and O–H groups in total. The van der Waals surface area contributed by atoms with Crippen molar-refractivity contribution in [1.82, 2.24) is 5.32 Å². The number of azide groups is 1. The maximum atomic E-state index is 13.4. The molecule has 0 radical (unpaired) electrons. The predicted molar refractivity (Wildman–Crippen MR) is 182 cm³/mol. The van der Waals surface area contributed by atoms with Gasteiger partial charge >= 0.3 is 12.1 Å². The molecule has 7 atom stereocenters. The normalized spacial score (nSPS) is 24.2. The van der Waals surface area contributed by atoms with Gasteiger partial charge in [0.1, 0.15) is 31.5 Å². The summed E-state index contributed by atoms with van der Waals surface area (Å²) >= 11 is 0. The van der Waals surface area contributed by atoms with Gasteiger partial charge in [0.25, 0.3) is 0 Å². The fourth-order valence-electron chi connectivity index (χ4n) is 6.65. The van der Waals surface area contributed by atoms with Crippen LogP contribution in [0.2, 0.25) is 0 Å². The second kappa shape index (κ2) is 15.7. The van der Waals surface area contributed by atoms with Crippen molar-refractivity contribution in [3.05, 3.63) is 142 Å². The van der Waals surface area contributed by atoms with Crippen LogP contribution in [0.4, 0.5) is 4.79 Å². The molecule has 7 rings (SSSR count). The molecule has 0 saturated carbocycles. The Morgan fingerprint density at radius 1 is 0.882 bits per heavy atom. The van der Waals surface area contributed by atoms with Gasteiger partial charge in [0.15, 0.2) is 18.6 Å². The largest absolute Gasteiger partial charge is 0.459 e. The third-order valence-electron chi connectivity index (χ3n) is 9.16. The van der Waals surface area contributed by atoms with Gasteiger partial charge in [-0.15, -0.1) is 0 Å². The van der Waals surface area contributed by atoms with Crippen molar-refractivity contribution in [2.24, 2.45) is 5.11 Å². The molecular weight excluding hydrogens is 656 g/mol. The van der Waals surface area contributed by atoms with Crippen molar-refractivity contribution in [2.75, 3.05) is 19.8 Å². The highest BCUT2D eigenvalue weighted by Gasteiger charge is 2.50. The summed E-state index contributed by atoms with van der Waals surface area (Å²) in [4.78, 5) is 29.5. The van der Waals surface area contributed by atoms with E-state index in [4.69, 9.17) is 28.4 Å². The van der Waals surface area contributed by atoms with Crippen molar-refractivity contribution < 1.29 is 43.1 Å². The third kappa shape index (κ3) is 7.59. The molecule has 1 amide bonds. The summed E-state index contributed by atoms with van der Waals surface area (Å²) in [6.07, 6.45) is -5.96. The monoisotopic (exact) mass is 692 g/mol. The number of alkyl carbamates (subject to hydrolysis) is 1. The van der Waals surface area contributed by atoms with Gasteiger partial charge in [0.05, 0.1) is 19.3 Å². The summed E-state index contributed by atoms with van der Waals surface area (Å²) < 4.78 is 35.1. The van der Waals surface area contributed by atoms with Crippen molar-refractivity contribution in [2.45, 2.75) is 55.5 Å². The van der Waals surface area contributed by atoms with Gasteiger partial charge in [0, 0.05) is 16.4 Å². The second-order valence-electron chi connectivity index (χ2n) is 12.4. The number of benzene rings is 4. The van der Waals surface area contributed by atoms with E-state index in [0.717, 1.165) is 33.4 Å². The standard InChI is InChI=1S/C38H36N4O9/c39-42-41-32-33(43)34-31(22-48-36(51-34)24-13-5-2-6-14-24)50-37(32)47-21-30(35(44)46-19-23-11-3-1-4-12-23)40-38(45)49-20-29-27-17-9-7-15-25(27)26-16-8-10-18-28(26)29/h1-18,29-34,36-37,43H,19-22H2,(H,40,45)/t30-,31+,32+,33+,34-,36?,37-/m0/s1. The van der Waals surface area contributed by atoms with E-state index in [1.807, 2.05) is 97.1 Å². The van der Waals surface area contributed by atoms with Crippen LogP contribution in [0.3, 0.4) is 0 Å². The summed E-state index contributed by atoms with van der Waals surface area (Å²) in [6.45, 7) is -0.441. The molecule has 262 valence electrons. The van der Waals surface area contributed by atoms with E-state index in [9.17, 15) is 20.2 Å². The number of carbonyl (C=O) groups is 2. The first-order valence-electron chi connectivity index (χ1n) is 16.6. The van der Waals surface area contributed by atoms with Crippen molar-refractivity contribution >= 4 is 12.1 Å². The molecule has 1 aliphatic carbocycles. The summed E-state index contributed by atoms with van der Waals surface area (Å²) in [5.74, 6) is -0.990. The second-order valence-corrected chi connectivity index (χ2v) is 12.4. The van der Waals surface area contributed by atoms with E-state index < -0.39 is 61.6 Å². The Morgan fingerprint density at radius 2 is 1.53 bits per heavy atom. The maximum absolute atomic E-state index is 13.4. The molecule has 2 heterocycles. The van der Waals surface area contributed by atoms with Crippen LogP contribution in [-0.2, 0) is 39.8 Å². The smallest absolute Gasteiger partial charge is 0.407 e. The molecule has 2 aliphatic heterocycles. The van der Waals surface area contributed by atoms with Gasteiger partial charge in [-0.2, -0.15) is 0 Å². The molecule has 2 fully saturated rings. The van der Waals surface area contributed by atoms with E-state index in [1.165, 1.54) is 0 Å². The average molecular weight is 693 g/mol. The molecule has 13 heteroatoms. The van der Waals surface area contributed by atoms with E-state index in [1.54, 1.807) is 12.1 Å². The highest BCUT2D eigenvalue weighted by molar-refractivity contribution is 5.82.